The highest BCUT2D eigenvalue weighted by Crippen LogP contribution is 2.37. The van der Waals surface area contributed by atoms with Gasteiger partial charge in [-0.3, -0.25) is 15.1 Å². The Kier molecular flexibility index (Phi) is 7.36. The summed E-state index contributed by atoms with van der Waals surface area (Å²) in [6.07, 6.45) is 1.73. The molecule has 34 heavy (non-hydrogen) atoms. The quantitative estimate of drug-likeness (QED) is 0.357. The van der Waals surface area contributed by atoms with Gasteiger partial charge in [0.15, 0.2) is 16.7 Å². The maximum absolute atomic E-state index is 13.0. The number of ether oxygens (including phenoxy) is 3. The van der Waals surface area contributed by atoms with Crippen LogP contribution in [0.25, 0.3) is 6.08 Å². The molecule has 1 amide bonds. The van der Waals surface area contributed by atoms with Crippen LogP contribution in [0.15, 0.2) is 65.6 Å². The predicted molar refractivity (Wildman–Crippen MR) is 138 cm³/mol. The average molecular weight is 515 g/mol. The largest absolute Gasteiger partial charge is 0.497 e. The van der Waals surface area contributed by atoms with Gasteiger partial charge in [0, 0.05) is 15.6 Å². The van der Waals surface area contributed by atoms with Crippen molar-refractivity contribution < 1.29 is 19.0 Å². The Labute approximate surface area is 211 Å². The van der Waals surface area contributed by atoms with E-state index >= 15 is 0 Å². The van der Waals surface area contributed by atoms with Gasteiger partial charge in [0.1, 0.15) is 12.4 Å². The Bertz CT molecular complexity index is 1280. The van der Waals surface area contributed by atoms with Crippen molar-refractivity contribution in [2.75, 3.05) is 19.1 Å². The van der Waals surface area contributed by atoms with E-state index in [0.717, 1.165) is 22.9 Å². The number of carbonyl (C=O) groups excluding carboxylic acids is 1. The van der Waals surface area contributed by atoms with Crippen LogP contribution in [-0.2, 0) is 11.4 Å². The van der Waals surface area contributed by atoms with Crippen molar-refractivity contribution in [2.24, 2.45) is 0 Å². The Morgan fingerprint density at radius 3 is 2.41 bits per heavy atom. The fraction of sp³-hybridized carbons (Fsp3) is 0.120. The summed E-state index contributed by atoms with van der Waals surface area (Å²) >= 11 is 13.3. The van der Waals surface area contributed by atoms with Crippen LogP contribution in [0, 0.1) is 5.41 Å². The molecule has 1 saturated heterocycles. The predicted octanol–water partition coefficient (Wildman–Crippen LogP) is 6.65. The molecule has 0 bridgehead atoms. The molecule has 174 valence electrons. The number of nitrogens with one attached hydrogen (secondary N) is 1. The zero-order valence-electron chi connectivity index (χ0n) is 18.3. The van der Waals surface area contributed by atoms with E-state index in [-0.39, 0.29) is 17.7 Å². The number of carbonyl (C=O) groups is 1. The number of amides is 1. The summed E-state index contributed by atoms with van der Waals surface area (Å²) in [7, 11) is 3.12. The fourth-order valence-corrected chi connectivity index (χ4v) is 4.62. The van der Waals surface area contributed by atoms with Crippen LogP contribution in [0.4, 0.5) is 5.69 Å². The van der Waals surface area contributed by atoms with Gasteiger partial charge >= 0.3 is 0 Å². The molecule has 0 aliphatic carbocycles. The van der Waals surface area contributed by atoms with Crippen molar-refractivity contribution >= 4 is 57.8 Å². The monoisotopic (exact) mass is 514 g/mol. The average Bonchev–Trinajstić information content (AvgIpc) is 3.11. The minimum Gasteiger partial charge on any atom is -0.497 e. The molecule has 1 N–H and O–H groups in total. The van der Waals surface area contributed by atoms with Crippen LogP contribution < -0.4 is 19.1 Å². The van der Waals surface area contributed by atoms with E-state index in [9.17, 15) is 4.79 Å². The van der Waals surface area contributed by atoms with Crippen molar-refractivity contribution in [1.82, 2.24) is 0 Å². The van der Waals surface area contributed by atoms with Crippen molar-refractivity contribution in [2.45, 2.75) is 6.61 Å². The first-order valence-corrected chi connectivity index (χ1v) is 11.7. The smallest absolute Gasteiger partial charge is 0.271 e. The molecular weight excluding hydrogens is 495 g/mol. The lowest BCUT2D eigenvalue weighted by Gasteiger charge is -2.14. The summed E-state index contributed by atoms with van der Waals surface area (Å²) in [6, 6.07) is 17.6. The molecule has 1 aliphatic heterocycles. The van der Waals surface area contributed by atoms with Crippen LogP contribution in [-0.4, -0.2) is 25.3 Å². The normalized spacial score (nSPS) is 14.6. The van der Waals surface area contributed by atoms with Gasteiger partial charge in [-0.15, -0.1) is 0 Å². The second-order valence-electron chi connectivity index (χ2n) is 7.19. The maximum atomic E-state index is 13.0. The van der Waals surface area contributed by atoms with Crippen LogP contribution >= 0.6 is 35.0 Å². The van der Waals surface area contributed by atoms with Crippen molar-refractivity contribution in [3.8, 4) is 17.2 Å². The molecule has 3 aromatic carbocycles. The Morgan fingerprint density at radius 1 is 0.971 bits per heavy atom. The molecule has 1 fully saturated rings. The molecule has 0 atom stereocenters. The molecule has 1 heterocycles. The molecule has 4 rings (SSSR count). The van der Waals surface area contributed by atoms with Crippen molar-refractivity contribution in [3.63, 3.8) is 0 Å². The topological polar surface area (TPSA) is 71.8 Å². The minimum absolute atomic E-state index is 0.133. The molecule has 0 spiro atoms. The van der Waals surface area contributed by atoms with E-state index in [0.29, 0.717) is 37.9 Å². The van der Waals surface area contributed by atoms with Crippen LogP contribution in [0.5, 0.6) is 17.2 Å². The second kappa shape index (κ2) is 10.4. The molecular formula is C25H20Cl2N2O4S. The van der Waals surface area contributed by atoms with Crippen LogP contribution in [0.3, 0.4) is 0 Å². The molecule has 0 unspecified atom stereocenters. The van der Waals surface area contributed by atoms with E-state index in [1.165, 1.54) is 4.90 Å². The summed E-state index contributed by atoms with van der Waals surface area (Å²) in [5.74, 6) is 1.46. The number of benzene rings is 3. The number of nitrogens with zero attached hydrogens (tertiary/aromatic N) is 1. The SMILES string of the molecule is COc1ccc(N2C(=N)S/C(=C\c3ccc(OCc4ccc(Cl)cc4Cl)c(OC)c3)C2=O)cc1. The third-order valence-corrected chi connectivity index (χ3v) is 6.51. The van der Waals surface area contributed by atoms with Gasteiger partial charge in [0.2, 0.25) is 0 Å². The van der Waals surface area contributed by atoms with Gasteiger partial charge in [-0.25, -0.2) is 0 Å². The molecule has 9 heteroatoms. The molecule has 0 aromatic heterocycles. The van der Waals surface area contributed by atoms with Crippen molar-refractivity contribution in [1.29, 1.82) is 5.41 Å². The Morgan fingerprint density at radius 2 is 1.74 bits per heavy atom. The summed E-state index contributed by atoms with van der Waals surface area (Å²) < 4.78 is 16.5. The third kappa shape index (κ3) is 5.17. The van der Waals surface area contributed by atoms with Gasteiger partial charge < -0.3 is 14.2 Å². The highest BCUT2D eigenvalue weighted by atomic mass is 35.5. The fourth-order valence-electron chi connectivity index (χ4n) is 3.29. The number of halogens is 2. The maximum Gasteiger partial charge on any atom is 0.271 e. The summed E-state index contributed by atoms with van der Waals surface area (Å²) in [4.78, 5) is 14.8. The number of anilines is 1. The van der Waals surface area contributed by atoms with E-state index in [4.69, 9.17) is 42.8 Å². The first kappa shape index (κ1) is 24.0. The first-order chi connectivity index (χ1) is 16.4. The first-order valence-electron chi connectivity index (χ1n) is 10.1. The molecule has 0 radical (unpaired) electrons. The lowest BCUT2D eigenvalue weighted by Crippen LogP contribution is -2.27. The molecule has 0 saturated carbocycles. The number of hydrogen-bond acceptors (Lipinski definition) is 6. The summed E-state index contributed by atoms with van der Waals surface area (Å²) in [5, 5.41) is 9.49. The Hall–Kier alpha value is -3.13. The van der Waals surface area contributed by atoms with Gasteiger partial charge in [0.25, 0.3) is 5.91 Å². The standard InChI is InChI=1S/C25H20Cl2N2O4S/c1-31-19-8-6-18(7-9-19)29-24(30)23(34-25(29)28)12-15-3-10-21(22(11-15)32-2)33-14-16-4-5-17(26)13-20(16)27/h3-13,28H,14H2,1-2H3/b23-12-,28-25?. The highest BCUT2D eigenvalue weighted by molar-refractivity contribution is 8.19. The molecule has 3 aromatic rings. The minimum atomic E-state index is -0.267. The van der Waals surface area contributed by atoms with Crippen LogP contribution in [0.2, 0.25) is 10.0 Å². The van der Waals surface area contributed by atoms with E-state index in [1.54, 1.807) is 68.8 Å². The van der Waals surface area contributed by atoms with Gasteiger partial charge in [-0.2, -0.15) is 0 Å². The zero-order chi connectivity index (χ0) is 24.2. The van der Waals surface area contributed by atoms with Gasteiger partial charge in [0.05, 0.1) is 24.8 Å². The lowest BCUT2D eigenvalue weighted by atomic mass is 10.1. The number of rotatable bonds is 7. The Balaban J connectivity index is 1.52. The van der Waals surface area contributed by atoms with E-state index < -0.39 is 0 Å². The summed E-state index contributed by atoms with van der Waals surface area (Å²) in [6.45, 7) is 0.245. The number of hydrogen-bond donors (Lipinski definition) is 1. The molecule has 6 nitrogen and oxygen atoms in total. The number of thioether (sulfide) groups is 1. The molecule has 1 aliphatic rings. The van der Waals surface area contributed by atoms with E-state index in [1.807, 2.05) is 12.1 Å². The highest BCUT2D eigenvalue weighted by Gasteiger charge is 2.33. The second-order valence-corrected chi connectivity index (χ2v) is 9.06. The van der Waals surface area contributed by atoms with E-state index in [2.05, 4.69) is 0 Å². The third-order valence-electron chi connectivity index (χ3n) is 5.04. The van der Waals surface area contributed by atoms with Crippen LogP contribution in [0.1, 0.15) is 11.1 Å². The zero-order valence-corrected chi connectivity index (χ0v) is 20.6. The lowest BCUT2D eigenvalue weighted by molar-refractivity contribution is -0.113. The van der Waals surface area contributed by atoms with Crippen molar-refractivity contribution in [3.05, 3.63) is 86.7 Å². The van der Waals surface area contributed by atoms with Gasteiger partial charge in [-0.05, 0) is 71.9 Å². The summed E-state index contributed by atoms with van der Waals surface area (Å²) in [5.41, 5.74) is 2.15. The number of methoxy groups -OCH3 is 2. The van der Waals surface area contributed by atoms with Gasteiger partial charge in [-0.1, -0.05) is 35.3 Å². The number of amidine groups is 1.